The van der Waals surface area contributed by atoms with Gasteiger partial charge in [0.05, 0.1) is 6.54 Å². The maximum atomic E-state index is 12.0. The largest absolute Gasteiger partial charge is 0.347 e. The number of carbonyl (C=O) groups is 2. The summed E-state index contributed by atoms with van der Waals surface area (Å²) >= 11 is 1.70. The van der Waals surface area contributed by atoms with E-state index in [4.69, 9.17) is 0 Å². The van der Waals surface area contributed by atoms with Crippen LogP contribution in [0, 0.1) is 20.8 Å². The third-order valence-electron chi connectivity index (χ3n) is 3.79. The second kappa shape index (κ2) is 8.64. The van der Waals surface area contributed by atoms with Crippen LogP contribution in [0.2, 0.25) is 0 Å². The Balaban J connectivity index is 1.73. The Bertz CT molecular complexity index is 685. The predicted octanol–water partition coefficient (Wildman–Crippen LogP) is 3.75. The van der Waals surface area contributed by atoms with Gasteiger partial charge in [0.1, 0.15) is 0 Å². The van der Waals surface area contributed by atoms with E-state index in [2.05, 4.69) is 16.7 Å². The first-order valence-corrected chi connectivity index (χ1v) is 9.00. The zero-order chi connectivity index (χ0) is 17.5. The fourth-order valence-corrected chi connectivity index (χ4v) is 3.46. The molecular formula is C19H24N2O2S. The molecule has 0 aliphatic heterocycles. The Kier molecular flexibility index (Phi) is 6.55. The second-order valence-corrected chi connectivity index (χ2v) is 7.06. The standard InChI is InChI=1S/C19H24N2O2S/c1-13-10-14(2)19(15(3)11-13)21-18(23)12-20-17(22)8-4-6-16-7-5-9-24-16/h5,7,9-11H,4,6,8,12H2,1-3H3,(H,20,22)(H,21,23). The summed E-state index contributed by atoms with van der Waals surface area (Å²) in [4.78, 5) is 25.1. The summed E-state index contributed by atoms with van der Waals surface area (Å²) in [7, 11) is 0. The van der Waals surface area contributed by atoms with Crippen LogP contribution in [-0.2, 0) is 16.0 Å². The number of thiophene rings is 1. The molecule has 1 aromatic heterocycles. The summed E-state index contributed by atoms with van der Waals surface area (Å²) in [6.45, 7) is 5.98. The van der Waals surface area contributed by atoms with E-state index in [0.29, 0.717) is 6.42 Å². The van der Waals surface area contributed by atoms with E-state index in [0.717, 1.165) is 29.7 Å². The van der Waals surface area contributed by atoms with Crippen LogP contribution in [0.5, 0.6) is 0 Å². The molecule has 2 rings (SSSR count). The molecule has 5 heteroatoms. The molecule has 4 nitrogen and oxygen atoms in total. The van der Waals surface area contributed by atoms with E-state index >= 15 is 0 Å². The number of anilines is 1. The molecule has 0 saturated heterocycles. The van der Waals surface area contributed by atoms with Crippen LogP contribution in [0.1, 0.15) is 34.4 Å². The number of carbonyl (C=O) groups excluding carboxylic acids is 2. The Morgan fingerprint density at radius 3 is 2.42 bits per heavy atom. The number of nitrogens with one attached hydrogen (secondary N) is 2. The van der Waals surface area contributed by atoms with Crippen molar-refractivity contribution in [2.24, 2.45) is 0 Å². The summed E-state index contributed by atoms with van der Waals surface area (Å²) in [6, 6.07) is 8.15. The number of hydrogen-bond acceptors (Lipinski definition) is 3. The molecule has 0 saturated carbocycles. The highest BCUT2D eigenvalue weighted by atomic mass is 32.1. The van der Waals surface area contributed by atoms with Crippen molar-refractivity contribution in [2.45, 2.75) is 40.0 Å². The number of aryl methyl sites for hydroxylation is 4. The van der Waals surface area contributed by atoms with Crippen molar-refractivity contribution in [3.63, 3.8) is 0 Å². The van der Waals surface area contributed by atoms with Crippen LogP contribution in [0.25, 0.3) is 0 Å². The molecule has 0 aliphatic rings. The Labute approximate surface area is 147 Å². The van der Waals surface area contributed by atoms with Gasteiger partial charge in [-0.15, -0.1) is 11.3 Å². The summed E-state index contributed by atoms with van der Waals surface area (Å²) in [5.41, 5.74) is 4.06. The zero-order valence-corrected chi connectivity index (χ0v) is 15.3. The summed E-state index contributed by atoms with van der Waals surface area (Å²) < 4.78 is 0. The lowest BCUT2D eigenvalue weighted by molar-refractivity contribution is -0.124. The van der Waals surface area contributed by atoms with Gasteiger partial charge in [-0.1, -0.05) is 23.8 Å². The van der Waals surface area contributed by atoms with Crippen LogP contribution < -0.4 is 10.6 Å². The van der Waals surface area contributed by atoms with Crippen molar-refractivity contribution in [1.29, 1.82) is 0 Å². The van der Waals surface area contributed by atoms with Crippen molar-refractivity contribution in [1.82, 2.24) is 5.32 Å². The first kappa shape index (κ1) is 18.2. The van der Waals surface area contributed by atoms with Gasteiger partial charge in [-0.2, -0.15) is 0 Å². The third kappa shape index (κ3) is 5.49. The molecule has 0 bridgehead atoms. The molecule has 0 unspecified atom stereocenters. The minimum absolute atomic E-state index is 0.00456. The van der Waals surface area contributed by atoms with Gasteiger partial charge in [-0.05, 0) is 56.2 Å². The zero-order valence-electron chi connectivity index (χ0n) is 14.4. The highest BCUT2D eigenvalue weighted by Gasteiger charge is 2.10. The van der Waals surface area contributed by atoms with Crippen molar-refractivity contribution in [2.75, 3.05) is 11.9 Å². The van der Waals surface area contributed by atoms with Gasteiger partial charge in [0.15, 0.2) is 0 Å². The smallest absolute Gasteiger partial charge is 0.243 e. The molecule has 0 radical (unpaired) electrons. The molecule has 2 aromatic rings. The minimum atomic E-state index is -0.198. The number of amides is 2. The highest BCUT2D eigenvalue weighted by Crippen LogP contribution is 2.21. The van der Waals surface area contributed by atoms with Gasteiger partial charge in [-0.25, -0.2) is 0 Å². The van der Waals surface area contributed by atoms with Gasteiger partial charge < -0.3 is 10.6 Å². The molecule has 2 N–H and O–H groups in total. The van der Waals surface area contributed by atoms with Gasteiger partial charge in [-0.3, -0.25) is 9.59 Å². The maximum absolute atomic E-state index is 12.0. The molecule has 0 atom stereocenters. The van der Waals surface area contributed by atoms with Crippen molar-refractivity contribution >= 4 is 28.8 Å². The Morgan fingerprint density at radius 2 is 1.79 bits per heavy atom. The first-order chi connectivity index (χ1) is 11.5. The molecule has 1 heterocycles. The molecule has 0 aliphatic carbocycles. The Morgan fingerprint density at radius 1 is 1.08 bits per heavy atom. The minimum Gasteiger partial charge on any atom is -0.347 e. The third-order valence-corrected chi connectivity index (χ3v) is 4.73. The van der Waals surface area contributed by atoms with E-state index in [1.54, 1.807) is 11.3 Å². The average molecular weight is 344 g/mol. The molecule has 2 amide bonds. The topological polar surface area (TPSA) is 58.2 Å². The van der Waals surface area contributed by atoms with Crippen LogP contribution in [0.3, 0.4) is 0 Å². The van der Waals surface area contributed by atoms with Crippen molar-refractivity contribution in [3.05, 3.63) is 51.2 Å². The lowest BCUT2D eigenvalue weighted by Gasteiger charge is -2.13. The predicted molar refractivity (Wildman–Crippen MR) is 99.5 cm³/mol. The molecule has 1 aromatic carbocycles. The fourth-order valence-electron chi connectivity index (χ4n) is 2.71. The van der Waals surface area contributed by atoms with E-state index in [-0.39, 0.29) is 18.4 Å². The first-order valence-electron chi connectivity index (χ1n) is 8.12. The summed E-state index contributed by atoms with van der Waals surface area (Å²) in [5.74, 6) is -0.282. The van der Waals surface area contributed by atoms with Crippen molar-refractivity contribution in [3.8, 4) is 0 Å². The van der Waals surface area contributed by atoms with Crippen LogP contribution in [0.4, 0.5) is 5.69 Å². The van der Waals surface area contributed by atoms with Crippen LogP contribution in [0.15, 0.2) is 29.6 Å². The molecule has 24 heavy (non-hydrogen) atoms. The maximum Gasteiger partial charge on any atom is 0.243 e. The fraction of sp³-hybridized carbons (Fsp3) is 0.368. The Hall–Kier alpha value is -2.14. The quantitative estimate of drug-likeness (QED) is 0.804. The van der Waals surface area contributed by atoms with Gasteiger partial charge in [0, 0.05) is 17.0 Å². The van der Waals surface area contributed by atoms with E-state index < -0.39 is 0 Å². The average Bonchev–Trinajstić information content (AvgIpc) is 3.02. The monoisotopic (exact) mass is 344 g/mol. The van der Waals surface area contributed by atoms with E-state index in [1.807, 2.05) is 44.4 Å². The number of rotatable bonds is 7. The van der Waals surface area contributed by atoms with Gasteiger partial charge in [0.2, 0.25) is 11.8 Å². The summed E-state index contributed by atoms with van der Waals surface area (Å²) in [6.07, 6.45) is 2.14. The normalized spacial score (nSPS) is 10.5. The second-order valence-electron chi connectivity index (χ2n) is 6.03. The molecule has 0 fully saturated rings. The van der Waals surface area contributed by atoms with Crippen LogP contribution >= 0.6 is 11.3 Å². The van der Waals surface area contributed by atoms with E-state index in [1.165, 1.54) is 10.4 Å². The highest BCUT2D eigenvalue weighted by molar-refractivity contribution is 7.09. The summed E-state index contributed by atoms with van der Waals surface area (Å²) in [5, 5.41) is 7.61. The van der Waals surface area contributed by atoms with Crippen LogP contribution in [-0.4, -0.2) is 18.4 Å². The lowest BCUT2D eigenvalue weighted by Crippen LogP contribution is -2.33. The van der Waals surface area contributed by atoms with Gasteiger partial charge in [0.25, 0.3) is 0 Å². The molecular weight excluding hydrogens is 320 g/mol. The molecule has 128 valence electrons. The van der Waals surface area contributed by atoms with E-state index in [9.17, 15) is 9.59 Å². The number of hydrogen-bond donors (Lipinski definition) is 2. The molecule has 0 spiro atoms. The number of benzene rings is 1. The SMILES string of the molecule is Cc1cc(C)c(NC(=O)CNC(=O)CCCc2cccs2)c(C)c1. The van der Waals surface area contributed by atoms with Crippen molar-refractivity contribution < 1.29 is 9.59 Å². The lowest BCUT2D eigenvalue weighted by atomic mass is 10.1. The van der Waals surface area contributed by atoms with Gasteiger partial charge >= 0.3 is 0 Å².